The van der Waals surface area contributed by atoms with Gasteiger partial charge < -0.3 is 15.4 Å². The van der Waals surface area contributed by atoms with Crippen LogP contribution in [0.15, 0.2) is 34.9 Å². The molecule has 3 rings (SSSR count). The molecule has 0 unspecified atom stereocenters. The van der Waals surface area contributed by atoms with Crippen LogP contribution in [0.25, 0.3) is 11.3 Å². The van der Waals surface area contributed by atoms with E-state index in [0.29, 0.717) is 13.1 Å². The van der Waals surface area contributed by atoms with Crippen molar-refractivity contribution in [3.8, 4) is 11.3 Å². The average molecular weight is 350 g/mol. The Morgan fingerprint density at radius 3 is 2.90 bits per heavy atom. The van der Waals surface area contributed by atoms with Crippen molar-refractivity contribution in [2.75, 3.05) is 6.54 Å². The standard InChI is InChI=1S/C16H20BrN3O/c17-13-5-3-4-12(8-13)14-9-19-15(20-14)10-18-11-16(21)6-1-2-7-16/h3-5,8-9,18,21H,1-2,6-7,10-11H2,(H,19,20). The molecule has 1 aromatic heterocycles. The maximum Gasteiger partial charge on any atom is 0.120 e. The van der Waals surface area contributed by atoms with E-state index in [-0.39, 0.29) is 0 Å². The van der Waals surface area contributed by atoms with Gasteiger partial charge in [0.05, 0.1) is 24.0 Å². The van der Waals surface area contributed by atoms with Gasteiger partial charge in [0.25, 0.3) is 0 Å². The minimum Gasteiger partial charge on any atom is -0.389 e. The molecular weight excluding hydrogens is 330 g/mol. The van der Waals surface area contributed by atoms with Gasteiger partial charge in [0.1, 0.15) is 5.82 Å². The first-order valence-electron chi connectivity index (χ1n) is 7.38. The minimum atomic E-state index is -0.514. The van der Waals surface area contributed by atoms with E-state index < -0.39 is 5.60 Å². The number of benzene rings is 1. The Hall–Kier alpha value is -1.17. The third-order valence-electron chi connectivity index (χ3n) is 4.04. The number of aliphatic hydroxyl groups is 1. The maximum atomic E-state index is 10.3. The molecule has 21 heavy (non-hydrogen) atoms. The predicted octanol–water partition coefficient (Wildman–Crippen LogP) is 3.23. The summed E-state index contributed by atoms with van der Waals surface area (Å²) in [5, 5.41) is 13.6. The van der Waals surface area contributed by atoms with Crippen LogP contribution in [0.3, 0.4) is 0 Å². The Morgan fingerprint density at radius 1 is 1.33 bits per heavy atom. The molecule has 0 atom stereocenters. The van der Waals surface area contributed by atoms with E-state index in [1.165, 1.54) is 0 Å². The van der Waals surface area contributed by atoms with E-state index in [1.54, 1.807) is 0 Å². The molecule has 4 nitrogen and oxygen atoms in total. The van der Waals surface area contributed by atoms with Crippen molar-refractivity contribution in [1.29, 1.82) is 0 Å². The zero-order chi connectivity index (χ0) is 14.7. The summed E-state index contributed by atoms with van der Waals surface area (Å²) in [6.07, 6.45) is 5.92. The molecule has 1 heterocycles. The van der Waals surface area contributed by atoms with Crippen LogP contribution in [0.5, 0.6) is 0 Å². The number of H-pyrrole nitrogens is 1. The van der Waals surface area contributed by atoms with Crippen molar-refractivity contribution in [2.45, 2.75) is 37.8 Å². The molecule has 1 aromatic carbocycles. The number of hydrogen-bond donors (Lipinski definition) is 3. The predicted molar refractivity (Wildman–Crippen MR) is 86.8 cm³/mol. The molecule has 5 heteroatoms. The Balaban J connectivity index is 1.58. The lowest BCUT2D eigenvalue weighted by Crippen LogP contribution is -2.37. The Bertz CT molecular complexity index is 605. The third-order valence-corrected chi connectivity index (χ3v) is 4.54. The molecule has 0 amide bonds. The van der Waals surface area contributed by atoms with Crippen molar-refractivity contribution in [2.24, 2.45) is 0 Å². The highest BCUT2D eigenvalue weighted by Gasteiger charge is 2.30. The smallest absolute Gasteiger partial charge is 0.120 e. The molecule has 1 aliphatic rings. The first-order valence-corrected chi connectivity index (χ1v) is 8.17. The highest BCUT2D eigenvalue weighted by molar-refractivity contribution is 9.10. The van der Waals surface area contributed by atoms with Crippen LogP contribution in [0.4, 0.5) is 0 Å². The van der Waals surface area contributed by atoms with E-state index >= 15 is 0 Å². The first-order chi connectivity index (χ1) is 10.1. The molecule has 0 bridgehead atoms. The fourth-order valence-electron chi connectivity index (χ4n) is 2.88. The third kappa shape index (κ3) is 3.73. The molecule has 112 valence electrons. The van der Waals surface area contributed by atoms with Crippen LogP contribution in [-0.4, -0.2) is 27.2 Å². The molecule has 3 N–H and O–H groups in total. The Kier molecular flexibility index (Phi) is 4.42. The summed E-state index contributed by atoms with van der Waals surface area (Å²) in [5.41, 5.74) is 1.60. The zero-order valence-electron chi connectivity index (χ0n) is 11.9. The fourth-order valence-corrected chi connectivity index (χ4v) is 3.28. The van der Waals surface area contributed by atoms with Crippen molar-refractivity contribution < 1.29 is 5.11 Å². The summed E-state index contributed by atoms with van der Waals surface area (Å²) in [6.45, 7) is 1.29. The van der Waals surface area contributed by atoms with Gasteiger partial charge in [0.2, 0.25) is 0 Å². The van der Waals surface area contributed by atoms with Gasteiger partial charge in [-0.05, 0) is 25.0 Å². The van der Waals surface area contributed by atoms with Crippen molar-refractivity contribution in [3.05, 3.63) is 40.8 Å². The first kappa shape index (κ1) is 14.8. The Morgan fingerprint density at radius 2 is 2.14 bits per heavy atom. The average Bonchev–Trinajstić information content (AvgIpc) is 3.09. The number of aromatic nitrogens is 2. The molecule has 1 fully saturated rings. The number of imidazole rings is 1. The van der Waals surface area contributed by atoms with E-state index in [1.807, 2.05) is 18.3 Å². The second-order valence-electron chi connectivity index (χ2n) is 5.79. The lowest BCUT2D eigenvalue weighted by molar-refractivity contribution is 0.0473. The summed E-state index contributed by atoms with van der Waals surface area (Å²) in [5.74, 6) is 0.895. The highest BCUT2D eigenvalue weighted by Crippen LogP contribution is 2.28. The van der Waals surface area contributed by atoms with Gasteiger partial charge >= 0.3 is 0 Å². The van der Waals surface area contributed by atoms with Crippen molar-refractivity contribution in [3.63, 3.8) is 0 Å². The second-order valence-corrected chi connectivity index (χ2v) is 6.70. The summed E-state index contributed by atoms with van der Waals surface area (Å²) in [7, 11) is 0. The number of nitrogens with one attached hydrogen (secondary N) is 2. The largest absolute Gasteiger partial charge is 0.389 e. The number of rotatable bonds is 5. The Labute approximate surface area is 133 Å². The summed E-state index contributed by atoms with van der Waals surface area (Å²) in [6, 6.07) is 8.13. The molecule has 0 aliphatic heterocycles. The van der Waals surface area contributed by atoms with Crippen LogP contribution in [0.2, 0.25) is 0 Å². The fraction of sp³-hybridized carbons (Fsp3) is 0.438. The van der Waals surface area contributed by atoms with Gasteiger partial charge in [0.15, 0.2) is 0 Å². The zero-order valence-corrected chi connectivity index (χ0v) is 13.5. The molecule has 0 spiro atoms. The van der Waals surface area contributed by atoms with E-state index in [9.17, 15) is 5.11 Å². The van der Waals surface area contributed by atoms with Gasteiger partial charge in [-0.25, -0.2) is 4.98 Å². The molecule has 1 saturated carbocycles. The second kappa shape index (κ2) is 6.30. The SMILES string of the molecule is OC1(CNCc2ncc(-c3cccc(Br)c3)[nH]2)CCCC1. The summed E-state index contributed by atoms with van der Waals surface area (Å²) in [4.78, 5) is 7.71. The van der Waals surface area contributed by atoms with Gasteiger partial charge in [-0.2, -0.15) is 0 Å². The number of halogens is 1. The number of aromatic amines is 1. The van der Waals surface area contributed by atoms with Gasteiger partial charge in [-0.1, -0.05) is 40.9 Å². The van der Waals surface area contributed by atoms with E-state index in [4.69, 9.17) is 0 Å². The summed E-state index contributed by atoms with van der Waals surface area (Å²) >= 11 is 3.48. The van der Waals surface area contributed by atoms with Crippen LogP contribution in [0.1, 0.15) is 31.5 Å². The van der Waals surface area contributed by atoms with Crippen LogP contribution in [0, 0.1) is 0 Å². The lowest BCUT2D eigenvalue weighted by atomic mass is 10.0. The van der Waals surface area contributed by atoms with Gasteiger partial charge in [0, 0.05) is 16.6 Å². The van der Waals surface area contributed by atoms with Gasteiger partial charge in [-0.15, -0.1) is 0 Å². The van der Waals surface area contributed by atoms with Crippen LogP contribution in [-0.2, 0) is 6.54 Å². The lowest BCUT2D eigenvalue weighted by Gasteiger charge is -2.22. The molecule has 0 saturated heterocycles. The molecular formula is C16H20BrN3O. The molecule has 1 aliphatic carbocycles. The number of hydrogen-bond acceptors (Lipinski definition) is 3. The monoisotopic (exact) mass is 349 g/mol. The quantitative estimate of drug-likeness (QED) is 0.776. The van der Waals surface area contributed by atoms with Crippen molar-refractivity contribution >= 4 is 15.9 Å². The van der Waals surface area contributed by atoms with Crippen LogP contribution < -0.4 is 5.32 Å². The van der Waals surface area contributed by atoms with E-state index in [0.717, 1.165) is 47.2 Å². The normalized spacial score (nSPS) is 17.2. The van der Waals surface area contributed by atoms with Crippen molar-refractivity contribution in [1.82, 2.24) is 15.3 Å². The minimum absolute atomic E-state index is 0.514. The highest BCUT2D eigenvalue weighted by atomic mass is 79.9. The molecule has 0 radical (unpaired) electrons. The number of nitrogens with zero attached hydrogens (tertiary/aromatic N) is 1. The molecule has 2 aromatic rings. The van der Waals surface area contributed by atoms with Crippen LogP contribution >= 0.6 is 15.9 Å². The van der Waals surface area contributed by atoms with E-state index in [2.05, 4.69) is 43.3 Å². The maximum absolute atomic E-state index is 10.3. The topological polar surface area (TPSA) is 60.9 Å². The summed E-state index contributed by atoms with van der Waals surface area (Å²) < 4.78 is 1.05. The van der Waals surface area contributed by atoms with Gasteiger partial charge in [-0.3, -0.25) is 0 Å².